The number of esters is 1. The Morgan fingerprint density at radius 2 is 1.57 bits per heavy atom. The Morgan fingerprint density at radius 1 is 0.889 bits per heavy atom. The summed E-state index contributed by atoms with van der Waals surface area (Å²) in [4.78, 5) is 37.1. The van der Waals surface area contributed by atoms with Gasteiger partial charge in [-0.15, -0.1) is 0 Å². The van der Waals surface area contributed by atoms with E-state index in [2.05, 4.69) is 14.7 Å². The van der Waals surface area contributed by atoms with E-state index in [1.165, 1.54) is 31.1 Å². The maximum atomic E-state index is 14.4. The average molecular weight is 1030 g/mol. The van der Waals surface area contributed by atoms with E-state index in [4.69, 9.17) is 33.2 Å². The molecule has 5 saturated heterocycles. The van der Waals surface area contributed by atoms with Crippen LogP contribution in [0.5, 0.6) is 0 Å². The monoisotopic (exact) mass is 1030 g/mol. The Morgan fingerprint density at radius 3 is 2.22 bits per heavy atom. The summed E-state index contributed by atoms with van der Waals surface area (Å²) in [6, 6.07) is 5.00. The Kier molecular flexibility index (Phi) is 20.0. The molecule has 412 valence electrons. The zero-order valence-corrected chi connectivity index (χ0v) is 44.9. The smallest absolute Gasteiger partial charge is 0.414 e. The van der Waals surface area contributed by atoms with Crippen molar-refractivity contribution < 1.29 is 72.7 Å². The molecule has 1 amide bonds. The first kappa shape index (κ1) is 58.6. The van der Waals surface area contributed by atoms with Gasteiger partial charge in [0, 0.05) is 84.4 Å². The van der Waals surface area contributed by atoms with Crippen LogP contribution in [0.2, 0.25) is 0 Å². The van der Waals surface area contributed by atoms with Gasteiger partial charge in [-0.2, -0.15) is 0 Å². The van der Waals surface area contributed by atoms with Crippen molar-refractivity contribution in [1.29, 1.82) is 0 Å². The van der Waals surface area contributed by atoms with Crippen LogP contribution >= 0.6 is 0 Å². The number of carbonyl (C=O) groups is 2. The van der Waals surface area contributed by atoms with Crippen LogP contribution in [0.1, 0.15) is 94.4 Å². The third-order valence-corrected chi connectivity index (χ3v) is 16.4. The number of amides is 1. The molecule has 6 rings (SSSR count). The quantitative estimate of drug-likeness (QED) is 0.180. The molecular weight excluding hydrogens is 938 g/mol. The fraction of sp³-hybridized carbons (Fsp3) is 0.846. The number of hydrogen-bond donors (Lipinski definition) is 5. The van der Waals surface area contributed by atoms with Crippen molar-refractivity contribution in [3.63, 3.8) is 0 Å². The molecule has 5 aliphatic rings. The van der Waals surface area contributed by atoms with Crippen LogP contribution in [-0.2, 0) is 38.0 Å². The number of rotatable bonds is 13. The first-order chi connectivity index (χ1) is 33.8. The van der Waals surface area contributed by atoms with Crippen LogP contribution < -0.4 is 4.90 Å². The van der Waals surface area contributed by atoms with Crippen molar-refractivity contribution in [2.75, 3.05) is 85.0 Å². The molecule has 72 heavy (non-hydrogen) atoms. The molecule has 1 aromatic carbocycles. The summed E-state index contributed by atoms with van der Waals surface area (Å²) in [5.41, 5.74) is -4.01. The normalized spacial score (nSPS) is 42.0. The van der Waals surface area contributed by atoms with Gasteiger partial charge < -0.3 is 63.6 Å². The van der Waals surface area contributed by atoms with Crippen LogP contribution in [0.3, 0.4) is 0 Å². The van der Waals surface area contributed by atoms with E-state index in [1.807, 2.05) is 32.8 Å². The Bertz CT molecular complexity index is 1920. The van der Waals surface area contributed by atoms with Gasteiger partial charge in [-0.3, -0.25) is 24.4 Å². The van der Waals surface area contributed by atoms with Crippen LogP contribution in [0.25, 0.3) is 0 Å². The zero-order valence-electron chi connectivity index (χ0n) is 44.9. The Hall–Kier alpha value is -2.67. The highest BCUT2D eigenvalue weighted by atomic mass is 19.1. The van der Waals surface area contributed by atoms with Gasteiger partial charge in [0.05, 0.1) is 53.8 Å². The van der Waals surface area contributed by atoms with Crippen molar-refractivity contribution in [3.8, 4) is 0 Å². The number of nitrogens with zero attached hydrogens (tertiary/aromatic N) is 5. The summed E-state index contributed by atoms with van der Waals surface area (Å²) in [7, 11) is 5.31. The van der Waals surface area contributed by atoms with E-state index in [-0.39, 0.29) is 49.9 Å². The second-order valence-corrected chi connectivity index (χ2v) is 22.4. The molecule has 5 heterocycles. The van der Waals surface area contributed by atoms with Crippen molar-refractivity contribution in [1.82, 2.24) is 19.6 Å². The number of aliphatic hydroxyl groups excluding tert-OH is 3. The average Bonchev–Trinajstić information content (AvgIpc) is 3.70. The molecule has 0 aliphatic carbocycles. The van der Waals surface area contributed by atoms with Gasteiger partial charge in [0.25, 0.3) is 0 Å². The predicted molar refractivity (Wildman–Crippen MR) is 265 cm³/mol. The molecule has 0 radical (unpaired) electrons. The lowest BCUT2D eigenvalue weighted by atomic mass is 9.83. The molecule has 0 spiro atoms. The van der Waals surface area contributed by atoms with Gasteiger partial charge >= 0.3 is 12.1 Å². The highest BCUT2D eigenvalue weighted by molar-refractivity contribution is 5.89. The second-order valence-electron chi connectivity index (χ2n) is 22.4. The third-order valence-electron chi connectivity index (χ3n) is 16.4. The van der Waals surface area contributed by atoms with E-state index in [0.717, 1.165) is 32.7 Å². The van der Waals surface area contributed by atoms with Crippen molar-refractivity contribution in [2.45, 2.75) is 191 Å². The molecule has 0 aromatic heterocycles. The summed E-state index contributed by atoms with van der Waals surface area (Å²) < 4.78 is 57.5. The topological polar surface area (TPSA) is 216 Å². The number of methoxy groups -OCH3 is 1. The number of likely N-dealkylation sites (N-methyl/N-ethyl adjacent to an activating group) is 2. The van der Waals surface area contributed by atoms with Gasteiger partial charge in [0.15, 0.2) is 12.6 Å². The van der Waals surface area contributed by atoms with Gasteiger partial charge in [0.1, 0.15) is 41.9 Å². The number of piperazine rings is 1. The number of ether oxygens (including phenoxy) is 7. The lowest BCUT2D eigenvalue weighted by Gasteiger charge is -2.47. The Labute approximate surface area is 426 Å². The maximum Gasteiger partial charge on any atom is 0.414 e. The summed E-state index contributed by atoms with van der Waals surface area (Å²) >= 11 is 0. The summed E-state index contributed by atoms with van der Waals surface area (Å²) in [6.07, 6.45) is -9.69. The number of halogens is 1. The Balaban J connectivity index is 1.16. The third kappa shape index (κ3) is 14.0. The molecule has 5 aliphatic heterocycles. The molecule has 0 saturated carbocycles. The first-order valence-electron chi connectivity index (χ1n) is 26.2. The molecule has 0 unspecified atom stereocenters. The van der Waals surface area contributed by atoms with Gasteiger partial charge in [-0.1, -0.05) is 19.9 Å². The SMILES string of the molecule is CC[C@H]1OC(=O)[C@H](C)[C@@H](O[C@H]2C[C@@](C)(OC)[C@@H](O)[C@H](C)O2)C[C@@H](O[C@@H]2O[C@H](C)C[C@H](N(C)CCN3CCN(C[C@H]4CN(c5cccc(F)c5)C(=O)O4)CC3)[C@H]2O)[C@](C)(O)C[C@@H](C)CN(C)[C@H](C)[C@@H](O)[C@]1(C)O. The fourth-order valence-electron chi connectivity index (χ4n) is 11.5. The molecule has 5 fully saturated rings. The second kappa shape index (κ2) is 24.5. The minimum atomic E-state index is -1.83. The van der Waals surface area contributed by atoms with E-state index < -0.39 is 102 Å². The van der Waals surface area contributed by atoms with Crippen molar-refractivity contribution in [2.24, 2.45) is 11.8 Å². The lowest BCUT2D eigenvalue weighted by molar-refractivity contribution is -0.308. The van der Waals surface area contributed by atoms with Crippen molar-refractivity contribution >= 4 is 17.7 Å². The van der Waals surface area contributed by atoms with Gasteiger partial charge in [-0.05, 0) is 106 Å². The molecule has 20 heteroatoms. The standard InChI is InChI=1S/C52H88FN5O14/c1-13-41-52(9,65)45(60)34(5)55(11)28-31(2)26-50(7,64)42(25-40(33(4)47(62)71-41)70-43-27-51(8,66-12)46(61)35(6)68-43)72-48-44(59)39(23-32(3)67-48)54(10)17-18-56-19-21-57(22-20-56)29-38-30-58(49(63)69-38)37-16-14-15-36(53)24-37/h14-16,24,31-35,38-46,48,59-61,64-65H,13,17-23,25-30H2,1-12H3/t31-,32-,33-,34-,35+,38+,39+,40+,41-,42-,43+,44-,45-,46+,48+,50-,51-,52-/m1/s1. The highest BCUT2D eigenvalue weighted by Crippen LogP contribution is 2.38. The van der Waals surface area contributed by atoms with Crippen LogP contribution in [0, 0.1) is 17.7 Å². The number of anilines is 1. The minimum Gasteiger partial charge on any atom is -0.459 e. The summed E-state index contributed by atoms with van der Waals surface area (Å²) in [6.45, 7) is 21.6. The van der Waals surface area contributed by atoms with Crippen molar-refractivity contribution in [3.05, 3.63) is 30.1 Å². The lowest BCUT2D eigenvalue weighted by Crippen LogP contribution is -2.59. The van der Waals surface area contributed by atoms with Crippen LogP contribution in [0.4, 0.5) is 14.9 Å². The number of cyclic esters (lactones) is 2. The highest BCUT2D eigenvalue weighted by Gasteiger charge is 2.51. The first-order valence-corrected chi connectivity index (χ1v) is 26.2. The molecular formula is C52H88FN5O14. The zero-order chi connectivity index (χ0) is 53.0. The summed E-state index contributed by atoms with van der Waals surface area (Å²) in [5, 5.41) is 59.4. The minimum absolute atomic E-state index is 0.0829. The molecule has 5 N–H and O–H groups in total. The number of benzene rings is 1. The van der Waals surface area contributed by atoms with E-state index in [0.29, 0.717) is 38.3 Å². The maximum absolute atomic E-state index is 14.4. The molecule has 1 aromatic rings. The summed E-state index contributed by atoms with van der Waals surface area (Å²) in [5.74, 6) is -2.34. The van der Waals surface area contributed by atoms with E-state index in [9.17, 15) is 39.5 Å². The van der Waals surface area contributed by atoms with E-state index in [1.54, 1.807) is 53.7 Å². The molecule has 18 atom stereocenters. The largest absolute Gasteiger partial charge is 0.459 e. The fourth-order valence-corrected chi connectivity index (χ4v) is 11.5. The number of carbonyl (C=O) groups excluding carboxylic acids is 2. The molecule has 0 bridgehead atoms. The van der Waals surface area contributed by atoms with Gasteiger partial charge in [0.2, 0.25) is 0 Å². The van der Waals surface area contributed by atoms with E-state index >= 15 is 0 Å². The van der Waals surface area contributed by atoms with Gasteiger partial charge in [-0.25, -0.2) is 9.18 Å². The molecule has 19 nitrogen and oxygen atoms in total. The predicted octanol–water partition coefficient (Wildman–Crippen LogP) is 2.81. The number of aliphatic hydroxyl groups is 5. The van der Waals surface area contributed by atoms with Crippen LogP contribution in [-0.4, -0.2) is 234 Å². The van der Waals surface area contributed by atoms with Crippen LogP contribution in [0.15, 0.2) is 24.3 Å². The number of hydrogen-bond acceptors (Lipinski definition) is 18.